The monoisotopic (exact) mass is 402 g/mol. The van der Waals surface area contributed by atoms with Crippen molar-refractivity contribution in [2.75, 3.05) is 13.1 Å². The quantitative estimate of drug-likeness (QED) is 0.490. The highest BCUT2D eigenvalue weighted by atomic mass is 16.5. The third-order valence-corrected chi connectivity index (χ3v) is 5.40. The first kappa shape index (κ1) is 18.5. The smallest absolute Gasteiger partial charge is 0.259 e. The highest BCUT2D eigenvalue weighted by molar-refractivity contribution is 5.59. The summed E-state index contributed by atoms with van der Waals surface area (Å²) in [5, 5.41) is 8.38. The standard InChI is InChI=1S/C22H22N6O2/c1-15-18(11-24-27(15)2)12-28-13-20(14-28)29-19-7-5-16(6-8-19)21-25-22(30-26-21)17-4-3-9-23-10-17/h3-11,20H,12-14H2,1-2H3. The Labute approximate surface area is 174 Å². The van der Waals surface area contributed by atoms with Gasteiger partial charge in [0, 0.05) is 55.9 Å². The summed E-state index contributed by atoms with van der Waals surface area (Å²) in [5.41, 5.74) is 4.16. The number of aryl methyl sites for hydroxylation is 1. The van der Waals surface area contributed by atoms with E-state index in [1.54, 1.807) is 12.4 Å². The second-order valence-electron chi connectivity index (χ2n) is 7.50. The molecule has 1 saturated heterocycles. The molecule has 0 radical (unpaired) electrons. The zero-order valence-electron chi connectivity index (χ0n) is 16.9. The minimum absolute atomic E-state index is 0.204. The van der Waals surface area contributed by atoms with Crippen molar-refractivity contribution in [1.82, 2.24) is 29.8 Å². The second kappa shape index (κ2) is 7.72. The lowest BCUT2D eigenvalue weighted by Gasteiger charge is -2.38. The van der Waals surface area contributed by atoms with E-state index in [9.17, 15) is 0 Å². The molecule has 0 unspecified atom stereocenters. The summed E-state index contributed by atoms with van der Waals surface area (Å²) in [6, 6.07) is 11.5. The van der Waals surface area contributed by atoms with Crippen molar-refractivity contribution in [3.05, 3.63) is 66.2 Å². The average Bonchev–Trinajstić information content (AvgIpc) is 3.36. The van der Waals surface area contributed by atoms with Crippen LogP contribution in [-0.4, -0.2) is 49.0 Å². The molecule has 4 heterocycles. The fourth-order valence-electron chi connectivity index (χ4n) is 3.49. The van der Waals surface area contributed by atoms with E-state index >= 15 is 0 Å². The zero-order valence-corrected chi connectivity index (χ0v) is 16.9. The van der Waals surface area contributed by atoms with Crippen LogP contribution in [0.5, 0.6) is 5.75 Å². The van der Waals surface area contributed by atoms with Gasteiger partial charge in [-0.3, -0.25) is 14.6 Å². The molecular weight excluding hydrogens is 380 g/mol. The first-order valence-corrected chi connectivity index (χ1v) is 9.87. The maximum Gasteiger partial charge on any atom is 0.259 e. The molecule has 0 atom stereocenters. The minimum Gasteiger partial charge on any atom is -0.488 e. The number of hydrogen-bond donors (Lipinski definition) is 0. The molecule has 0 bridgehead atoms. The van der Waals surface area contributed by atoms with Crippen molar-refractivity contribution in [1.29, 1.82) is 0 Å². The van der Waals surface area contributed by atoms with Gasteiger partial charge in [0.2, 0.25) is 5.82 Å². The molecule has 1 aliphatic rings. The lowest BCUT2D eigenvalue weighted by molar-refractivity contribution is 0.0144. The summed E-state index contributed by atoms with van der Waals surface area (Å²) >= 11 is 0. The maximum atomic E-state index is 6.08. The van der Waals surface area contributed by atoms with E-state index in [0.717, 1.165) is 36.5 Å². The molecule has 8 heteroatoms. The van der Waals surface area contributed by atoms with Crippen LogP contribution in [0.4, 0.5) is 0 Å². The molecule has 1 fully saturated rings. The fourth-order valence-corrected chi connectivity index (χ4v) is 3.49. The van der Waals surface area contributed by atoms with Gasteiger partial charge in [-0.2, -0.15) is 10.1 Å². The molecule has 4 aromatic rings. The van der Waals surface area contributed by atoms with Gasteiger partial charge in [-0.25, -0.2) is 0 Å². The Balaban J connectivity index is 1.17. The second-order valence-corrected chi connectivity index (χ2v) is 7.50. The molecule has 5 rings (SSSR count). The van der Waals surface area contributed by atoms with Crippen molar-refractivity contribution < 1.29 is 9.26 Å². The van der Waals surface area contributed by atoms with E-state index < -0.39 is 0 Å². The number of ether oxygens (including phenoxy) is 1. The first-order valence-electron chi connectivity index (χ1n) is 9.87. The number of hydrogen-bond acceptors (Lipinski definition) is 7. The van der Waals surface area contributed by atoms with Crippen molar-refractivity contribution in [3.8, 4) is 28.6 Å². The van der Waals surface area contributed by atoms with E-state index in [1.165, 1.54) is 11.3 Å². The molecule has 0 spiro atoms. The molecule has 1 aromatic carbocycles. The number of pyridine rings is 1. The normalized spacial score (nSPS) is 14.6. The lowest BCUT2D eigenvalue weighted by Crippen LogP contribution is -2.53. The largest absolute Gasteiger partial charge is 0.488 e. The van der Waals surface area contributed by atoms with Crippen LogP contribution in [0, 0.1) is 6.92 Å². The summed E-state index contributed by atoms with van der Waals surface area (Å²) in [6.07, 6.45) is 5.56. The Hall–Kier alpha value is -3.52. The topological polar surface area (TPSA) is 82.1 Å². The van der Waals surface area contributed by atoms with Gasteiger partial charge in [-0.15, -0.1) is 0 Å². The van der Waals surface area contributed by atoms with Gasteiger partial charge in [0.1, 0.15) is 11.9 Å². The SMILES string of the molecule is Cc1c(CN2CC(Oc3ccc(-c4noc(-c5cccnc5)n4)cc3)C2)cnn1C. The highest BCUT2D eigenvalue weighted by Crippen LogP contribution is 2.25. The molecule has 0 N–H and O–H groups in total. The highest BCUT2D eigenvalue weighted by Gasteiger charge is 2.29. The summed E-state index contributed by atoms with van der Waals surface area (Å²) < 4.78 is 13.3. The summed E-state index contributed by atoms with van der Waals surface area (Å²) in [7, 11) is 1.97. The van der Waals surface area contributed by atoms with Crippen LogP contribution in [0.15, 0.2) is 59.5 Å². The maximum absolute atomic E-state index is 6.08. The molecule has 0 saturated carbocycles. The van der Waals surface area contributed by atoms with Crippen LogP contribution in [-0.2, 0) is 13.6 Å². The number of nitrogens with zero attached hydrogens (tertiary/aromatic N) is 6. The van der Waals surface area contributed by atoms with Crippen LogP contribution in [0.1, 0.15) is 11.3 Å². The Morgan fingerprint density at radius 3 is 2.63 bits per heavy atom. The van der Waals surface area contributed by atoms with Crippen molar-refractivity contribution >= 4 is 0 Å². The number of aromatic nitrogens is 5. The van der Waals surface area contributed by atoms with E-state index in [4.69, 9.17) is 9.26 Å². The van der Waals surface area contributed by atoms with E-state index in [1.807, 2.05) is 54.3 Å². The summed E-state index contributed by atoms with van der Waals surface area (Å²) in [5.74, 6) is 1.84. The van der Waals surface area contributed by atoms with Crippen molar-refractivity contribution in [2.45, 2.75) is 19.6 Å². The number of rotatable bonds is 6. The molecule has 8 nitrogen and oxygen atoms in total. The van der Waals surface area contributed by atoms with E-state index in [-0.39, 0.29) is 6.10 Å². The van der Waals surface area contributed by atoms with Gasteiger partial charge < -0.3 is 9.26 Å². The molecule has 0 amide bonds. The summed E-state index contributed by atoms with van der Waals surface area (Å²) in [6.45, 7) is 4.83. The lowest BCUT2D eigenvalue weighted by atomic mass is 10.1. The molecule has 3 aromatic heterocycles. The molecule has 0 aliphatic carbocycles. The third-order valence-electron chi connectivity index (χ3n) is 5.40. The van der Waals surface area contributed by atoms with Gasteiger partial charge in [0.25, 0.3) is 5.89 Å². The van der Waals surface area contributed by atoms with Crippen LogP contribution in [0.3, 0.4) is 0 Å². The Bertz CT molecular complexity index is 1130. The predicted octanol–water partition coefficient (Wildman–Crippen LogP) is 3.10. The van der Waals surface area contributed by atoms with Gasteiger partial charge in [0.05, 0.1) is 11.8 Å². The Morgan fingerprint density at radius 2 is 1.93 bits per heavy atom. The fraction of sp³-hybridized carbons (Fsp3) is 0.273. The summed E-state index contributed by atoms with van der Waals surface area (Å²) in [4.78, 5) is 10.9. The minimum atomic E-state index is 0.204. The Kier molecular flexibility index (Phi) is 4.76. The zero-order chi connectivity index (χ0) is 20.5. The van der Waals surface area contributed by atoms with Crippen LogP contribution < -0.4 is 4.74 Å². The van der Waals surface area contributed by atoms with Crippen LogP contribution >= 0.6 is 0 Å². The van der Waals surface area contributed by atoms with E-state index in [2.05, 4.69) is 32.0 Å². The molecule has 1 aliphatic heterocycles. The van der Waals surface area contributed by atoms with Crippen molar-refractivity contribution in [3.63, 3.8) is 0 Å². The first-order chi connectivity index (χ1) is 14.7. The van der Waals surface area contributed by atoms with Crippen molar-refractivity contribution in [2.24, 2.45) is 7.05 Å². The van der Waals surface area contributed by atoms with Gasteiger partial charge in [-0.05, 0) is 43.3 Å². The third kappa shape index (κ3) is 3.69. The predicted molar refractivity (Wildman–Crippen MR) is 111 cm³/mol. The number of benzene rings is 1. The van der Waals surface area contributed by atoms with E-state index in [0.29, 0.717) is 11.7 Å². The van der Waals surface area contributed by atoms with Gasteiger partial charge >= 0.3 is 0 Å². The van der Waals surface area contributed by atoms with Crippen LogP contribution in [0.2, 0.25) is 0 Å². The van der Waals surface area contributed by atoms with Gasteiger partial charge in [-0.1, -0.05) is 5.16 Å². The molecule has 30 heavy (non-hydrogen) atoms. The van der Waals surface area contributed by atoms with Crippen LogP contribution in [0.25, 0.3) is 22.8 Å². The van der Waals surface area contributed by atoms with Gasteiger partial charge in [0.15, 0.2) is 0 Å². The molecular formula is C22H22N6O2. The molecule has 152 valence electrons. The number of likely N-dealkylation sites (tertiary alicyclic amines) is 1. The Morgan fingerprint density at radius 1 is 1.10 bits per heavy atom. The average molecular weight is 402 g/mol.